The number of hydrogen-bond acceptors (Lipinski definition) is 3. The summed E-state index contributed by atoms with van der Waals surface area (Å²) < 4.78 is 7.59. The number of nitrogens with two attached hydrogens (primary N) is 1. The molecule has 0 spiro atoms. The molecule has 2 aromatic heterocycles. The molecule has 92 valence electrons. The van der Waals surface area contributed by atoms with E-state index in [2.05, 4.69) is 22.5 Å². The van der Waals surface area contributed by atoms with Gasteiger partial charge in [0, 0.05) is 13.1 Å². The molecule has 0 unspecified atom stereocenters. The van der Waals surface area contributed by atoms with Crippen LogP contribution in [0.2, 0.25) is 0 Å². The zero-order valence-corrected chi connectivity index (χ0v) is 10.3. The third-order valence-corrected chi connectivity index (χ3v) is 3.11. The van der Waals surface area contributed by atoms with E-state index in [0.717, 1.165) is 34.7 Å². The normalized spacial score (nSPS) is 11.2. The molecule has 0 bridgehead atoms. The lowest BCUT2D eigenvalue weighted by atomic mass is 10.2. The summed E-state index contributed by atoms with van der Waals surface area (Å²) in [7, 11) is 0. The average molecular weight is 241 g/mol. The van der Waals surface area contributed by atoms with Crippen molar-refractivity contribution in [2.24, 2.45) is 5.73 Å². The van der Waals surface area contributed by atoms with Gasteiger partial charge in [-0.25, -0.2) is 4.98 Å². The first-order valence-electron chi connectivity index (χ1n) is 6.06. The lowest BCUT2D eigenvalue weighted by molar-refractivity contribution is 0.571. The molecule has 2 heterocycles. The summed E-state index contributed by atoms with van der Waals surface area (Å²) in [6.07, 6.45) is 1.67. The Hall–Kier alpha value is -2.07. The summed E-state index contributed by atoms with van der Waals surface area (Å²) in [5.74, 6) is 1.66. The first kappa shape index (κ1) is 11.0. The van der Waals surface area contributed by atoms with Gasteiger partial charge < -0.3 is 14.7 Å². The molecule has 3 rings (SSSR count). The Kier molecular flexibility index (Phi) is 2.64. The van der Waals surface area contributed by atoms with Gasteiger partial charge in [-0.1, -0.05) is 6.07 Å². The standard InChI is InChI=1S/C14H15N3O/c1-2-17-12-6-5-10(9-15)8-11(12)16-14(17)13-4-3-7-18-13/h3-8H,2,9,15H2,1H3. The van der Waals surface area contributed by atoms with Gasteiger partial charge >= 0.3 is 0 Å². The van der Waals surface area contributed by atoms with E-state index in [9.17, 15) is 0 Å². The third-order valence-electron chi connectivity index (χ3n) is 3.11. The maximum atomic E-state index is 5.66. The second-order valence-corrected chi connectivity index (χ2v) is 4.18. The molecule has 2 N–H and O–H groups in total. The predicted molar refractivity (Wildman–Crippen MR) is 71.0 cm³/mol. The van der Waals surface area contributed by atoms with Crippen LogP contribution in [0.15, 0.2) is 41.0 Å². The van der Waals surface area contributed by atoms with Crippen LogP contribution in [0.25, 0.3) is 22.6 Å². The Labute approximate surface area is 105 Å². The Morgan fingerprint density at radius 3 is 2.89 bits per heavy atom. The van der Waals surface area contributed by atoms with E-state index in [1.165, 1.54) is 0 Å². The van der Waals surface area contributed by atoms with Gasteiger partial charge in [0.25, 0.3) is 0 Å². The highest BCUT2D eigenvalue weighted by Gasteiger charge is 2.13. The second-order valence-electron chi connectivity index (χ2n) is 4.18. The lowest BCUT2D eigenvalue weighted by Gasteiger charge is -2.03. The largest absolute Gasteiger partial charge is 0.461 e. The number of rotatable bonds is 3. The van der Waals surface area contributed by atoms with E-state index in [1.54, 1.807) is 6.26 Å². The minimum atomic E-state index is 0.533. The van der Waals surface area contributed by atoms with Gasteiger partial charge in [0.1, 0.15) is 0 Å². The molecular weight excluding hydrogens is 226 g/mol. The number of fused-ring (bicyclic) bond motifs is 1. The molecule has 0 fully saturated rings. The molecule has 0 aliphatic rings. The predicted octanol–water partition coefficient (Wildman–Crippen LogP) is 2.77. The van der Waals surface area contributed by atoms with Gasteiger partial charge in [-0.05, 0) is 36.8 Å². The highest BCUT2D eigenvalue weighted by molar-refractivity contribution is 5.80. The van der Waals surface area contributed by atoms with Crippen LogP contribution < -0.4 is 5.73 Å². The zero-order chi connectivity index (χ0) is 12.5. The van der Waals surface area contributed by atoms with Crippen molar-refractivity contribution < 1.29 is 4.42 Å². The van der Waals surface area contributed by atoms with Crippen molar-refractivity contribution in [1.29, 1.82) is 0 Å². The monoisotopic (exact) mass is 241 g/mol. The van der Waals surface area contributed by atoms with Crippen molar-refractivity contribution >= 4 is 11.0 Å². The fourth-order valence-corrected chi connectivity index (χ4v) is 2.22. The van der Waals surface area contributed by atoms with Crippen molar-refractivity contribution in [2.75, 3.05) is 0 Å². The Morgan fingerprint density at radius 2 is 2.22 bits per heavy atom. The number of hydrogen-bond donors (Lipinski definition) is 1. The lowest BCUT2D eigenvalue weighted by Crippen LogP contribution is -1.97. The number of aromatic nitrogens is 2. The van der Waals surface area contributed by atoms with Crippen molar-refractivity contribution in [3.8, 4) is 11.6 Å². The molecule has 4 nitrogen and oxygen atoms in total. The topological polar surface area (TPSA) is 57.0 Å². The van der Waals surface area contributed by atoms with Gasteiger partial charge in [0.05, 0.1) is 17.3 Å². The molecule has 0 radical (unpaired) electrons. The molecule has 18 heavy (non-hydrogen) atoms. The number of aryl methyl sites for hydroxylation is 1. The van der Waals surface area contributed by atoms with Crippen LogP contribution in [-0.2, 0) is 13.1 Å². The van der Waals surface area contributed by atoms with E-state index in [4.69, 9.17) is 10.2 Å². The van der Waals surface area contributed by atoms with Crippen LogP contribution in [0, 0.1) is 0 Å². The fourth-order valence-electron chi connectivity index (χ4n) is 2.22. The van der Waals surface area contributed by atoms with Gasteiger partial charge in [-0.2, -0.15) is 0 Å². The molecule has 3 aromatic rings. The molecule has 0 atom stereocenters. The summed E-state index contributed by atoms with van der Waals surface area (Å²) in [6.45, 7) is 3.49. The summed E-state index contributed by atoms with van der Waals surface area (Å²) in [4.78, 5) is 4.65. The van der Waals surface area contributed by atoms with Crippen LogP contribution in [0.4, 0.5) is 0 Å². The SMILES string of the molecule is CCn1c(-c2ccco2)nc2cc(CN)ccc21. The Balaban J connectivity index is 2.26. The molecular formula is C14H15N3O. The molecule has 1 aromatic carbocycles. The van der Waals surface area contributed by atoms with Crippen molar-refractivity contribution in [2.45, 2.75) is 20.0 Å². The van der Waals surface area contributed by atoms with Crippen LogP contribution in [0.3, 0.4) is 0 Å². The average Bonchev–Trinajstić information content (AvgIpc) is 3.04. The quantitative estimate of drug-likeness (QED) is 0.767. The number of benzene rings is 1. The van der Waals surface area contributed by atoms with E-state index >= 15 is 0 Å². The molecule has 0 aliphatic carbocycles. The Morgan fingerprint density at radius 1 is 1.33 bits per heavy atom. The Bertz CT molecular complexity index is 668. The zero-order valence-electron chi connectivity index (χ0n) is 10.3. The van der Waals surface area contributed by atoms with Crippen molar-refractivity contribution in [1.82, 2.24) is 9.55 Å². The van der Waals surface area contributed by atoms with E-state index in [0.29, 0.717) is 6.54 Å². The van der Waals surface area contributed by atoms with Crippen molar-refractivity contribution in [3.05, 3.63) is 42.2 Å². The summed E-state index contributed by atoms with van der Waals surface area (Å²) in [5, 5.41) is 0. The maximum absolute atomic E-state index is 5.66. The molecule has 4 heteroatoms. The van der Waals surface area contributed by atoms with Crippen LogP contribution in [0.5, 0.6) is 0 Å². The number of imidazole rings is 1. The van der Waals surface area contributed by atoms with E-state index in [-0.39, 0.29) is 0 Å². The fraction of sp³-hybridized carbons (Fsp3) is 0.214. The van der Waals surface area contributed by atoms with Gasteiger partial charge in [0.15, 0.2) is 11.6 Å². The summed E-state index contributed by atoms with van der Waals surface area (Å²) in [6, 6.07) is 9.95. The minimum absolute atomic E-state index is 0.533. The highest BCUT2D eigenvalue weighted by atomic mass is 16.3. The van der Waals surface area contributed by atoms with Crippen LogP contribution in [-0.4, -0.2) is 9.55 Å². The molecule has 0 saturated heterocycles. The van der Waals surface area contributed by atoms with E-state index in [1.807, 2.05) is 24.3 Å². The minimum Gasteiger partial charge on any atom is -0.461 e. The van der Waals surface area contributed by atoms with Crippen molar-refractivity contribution in [3.63, 3.8) is 0 Å². The molecule has 0 aliphatic heterocycles. The van der Waals surface area contributed by atoms with Gasteiger partial charge in [-0.15, -0.1) is 0 Å². The number of furan rings is 1. The summed E-state index contributed by atoms with van der Waals surface area (Å²) in [5.41, 5.74) is 8.83. The molecule has 0 amide bonds. The maximum Gasteiger partial charge on any atom is 0.177 e. The smallest absolute Gasteiger partial charge is 0.177 e. The highest BCUT2D eigenvalue weighted by Crippen LogP contribution is 2.25. The third kappa shape index (κ3) is 1.62. The number of nitrogens with zero attached hydrogens (tertiary/aromatic N) is 2. The van der Waals surface area contributed by atoms with E-state index < -0.39 is 0 Å². The van der Waals surface area contributed by atoms with Gasteiger partial charge in [-0.3, -0.25) is 0 Å². The summed E-state index contributed by atoms with van der Waals surface area (Å²) >= 11 is 0. The van der Waals surface area contributed by atoms with Crippen LogP contribution in [0.1, 0.15) is 12.5 Å². The van der Waals surface area contributed by atoms with Crippen LogP contribution >= 0.6 is 0 Å². The second kappa shape index (κ2) is 4.31. The first-order chi connectivity index (χ1) is 8.83. The molecule has 0 saturated carbocycles. The van der Waals surface area contributed by atoms with Gasteiger partial charge in [0.2, 0.25) is 0 Å². The first-order valence-corrected chi connectivity index (χ1v) is 6.06.